The van der Waals surface area contributed by atoms with Crippen LogP contribution in [0, 0.1) is 0 Å². The van der Waals surface area contributed by atoms with Crippen molar-refractivity contribution in [2.24, 2.45) is 5.14 Å². The van der Waals surface area contributed by atoms with Crippen molar-refractivity contribution in [3.05, 3.63) is 27.0 Å². The summed E-state index contributed by atoms with van der Waals surface area (Å²) in [7, 11) is -4.21. The van der Waals surface area contributed by atoms with Crippen LogP contribution in [-0.2, 0) is 21.4 Å². The van der Waals surface area contributed by atoms with Crippen molar-refractivity contribution in [2.75, 3.05) is 0 Å². The molecule has 1 aromatic heterocycles. The Morgan fingerprint density at radius 1 is 1.37 bits per heavy atom. The standard InChI is InChI=1S/C9H13N3O6S/c10-19(17,18)6-5-12(9(16)11-8(6)15)4-2-1-3-7(13)14/h5H,1-4H2,(H,13,14)(H2,10,17,18)(H,11,15,16). The minimum Gasteiger partial charge on any atom is -0.481 e. The van der Waals surface area contributed by atoms with Crippen LogP contribution < -0.4 is 16.4 Å². The van der Waals surface area contributed by atoms with E-state index in [-0.39, 0.29) is 13.0 Å². The molecule has 0 aliphatic carbocycles. The second-order valence-electron chi connectivity index (χ2n) is 3.84. The molecule has 0 aliphatic rings. The van der Waals surface area contributed by atoms with E-state index >= 15 is 0 Å². The number of aromatic amines is 1. The summed E-state index contributed by atoms with van der Waals surface area (Å²) in [6.45, 7) is 0.0887. The molecule has 1 heterocycles. The van der Waals surface area contributed by atoms with Gasteiger partial charge in [0.05, 0.1) is 0 Å². The molecule has 0 amide bonds. The number of carboxylic acid groups (broad SMARTS) is 1. The summed E-state index contributed by atoms with van der Waals surface area (Å²) in [6.07, 6.45) is 1.48. The highest BCUT2D eigenvalue weighted by Crippen LogP contribution is 2.00. The summed E-state index contributed by atoms with van der Waals surface area (Å²) >= 11 is 0. The zero-order chi connectivity index (χ0) is 14.6. The molecule has 0 aromatic carbocycles. The first kappa shape index (κ1) is 15.1. The molecule has 19 heavy (non-hydrogen) atoms. The van der Waals surface area contributed by atoms with E-state index in [1.165, 1.54) is 0 Å². The molecule has 0 saturated heterocycles. The second kappa shape index (κ2) is 5.80. The molecular formula is C9H13N3O6S. The van der Waals surface area contributed by atoms with Gasteiger partial charge < -0.3 is 5.11 Å². The summed E-state index contributed by atoms with van der Waals surface area (Å²) in [5, 5.41) is 13.3. The molecular weight excluding hydrogens is 278 g/mol. The molecule has 0 spiro atoms. The number of nitrogens with zero attached hydrogens (tertiary/aromatic N) is 1. The first-order valence-corrected chi connectivity index (χ1v) is 6.85. The highest BCUT2D eigenvalue weighted by Gasteiger charge is 2.15. The quantitative estimate of drug-likeness (QED) is 0.539. The maximum absolute atomic E-state index is 11.4. The molecule has 10 heteroatoms. The van der Waals surface area contributed by atoms with E-state index in [9.17, 15) is 22.8 Å². The number of sulfonamides is 1. The number of primary sulfonamides is 1. The number of aromatic nitrogens is 2. The molecule has 4 N–H and O–H groups in total. The van der Waals surface area contributed by atoms with Crippen molar-refractivity contribution in [3.63, 3.8) is 0 Å². The number of H-pyrrole nitrogens is 1. The Bertz CT molecular complexity index is 687. The van der Waals surface area contributed by atoms with Crippen molar-refractivity contribution >= 4 is 16.0 Å². The van der Waals surface area contributed by atoms with Crippen LogP contribution in [0.2, 0.25) is 0 Å². The van der Waals surface area contributed by atoms with Gasteiger partial charge in [-0.1, -0.05) is 0 Å². The van der Waals surface area contributed by atoms with Gasteiger partial charge in [0.2, 0.25) is 10.0 Å². The number of hydrogen-bond acceptors (Lipinski definition) is 5. The van der Waals surface area contributed by atoms with E-state index in [0.29, 0.717) is 12.8 Å². The number of nitrogens with two attached hydrogens (primary N) is 1. The third-order valence-corrected chi connectivity index (χ3v) is 3.23. The predicted octanol–water partition coefficient (Wildman–Crippen LogP) is -1.56. The monoisotopic (exact) mass is 291 g/mol. The summed E-state index contributed by atoms with van der Waals surface area (Å²) in [5.41, 5.74) is -1.85. The van der Waals surface area contributed by atoms with Gasteiger partial charge in [0.15, 0.2) is 4.90 Å². The second-order valence-corrected chi connectivity index (χ2v) is 5.37. The largest absolute Gasteiger partial charge is 0.481 e. The fourth-order valence-electron chi connectivity index (χ4n) is 1.42. The topological polar surface area (TPSA) is 152 Å². The lowest BCUT2D eigenvalue weighted by Gasteiger charge is -2.05. The molecule has 0 aliphatic heterocycles. The SMILES string of the molecule is NS(=O)(=O)c1cn(CCCCC(=O)O)c(=O)[nH]c1=O. The number of hydrogen-bond donors (Lipinski definition) is 3. The number of aryl methyl sites for hydroxylation is 1. The van der Waals surface area contributed by atoms with Crippen LogP contribution in [0.4, 0.5) is 0 Å². The number of unbranched alkanes of at least 4 members (excludes halogenated alkanes) is 1. The van der Waals surface area contributed by atoms with Crippen LogP contribution in [0.15, 0.2) is 20.7 Å². The van der Waals surface area contributed by atoms with Crippen LogP contribution in [0.3, 0.4) is 0 Å². The van der Waals surface area contributed by atoms with Crippen LogP contribution in [0.1, 0.15) is 19.3 Å². The van der Waals surface area contributed by atoms with E-state index in [1.807, 2.05) is 4.98 Å². The van der Waals surface area contributed by atoms with Gasteiger partial charge in [-0.3, -0.25) is 19.1 Å². The first-order valence-electron chi connectivity index (χ1n) is 5.30. The third kappa shape index (κ3) is 4.34. The lowest BCUT2D eigenvalue weighted by atomic mass is 10.2. The van der Waals surface area contributed by atoms with Crippen LogP contribution >= 0.6 is 0 Å². The average Bonchev–Trinajstić information content (AvgIpc) is 2.24. The van der Waals surface area contributed by atoms with E-state index in [1.54, 1.807) is 0 Å². The van der Waals surface area contributed by atoms with E-state index in [2.05, 4.69) is 0 Å². The van der Waals surface area contributed by atoms with Crippen molar-refractivity contribution < 1.29 is 18.3 Å². The number of carbonyl (C=O) groups is 1. The Balaban J connectivity index is 2.94. The number of carboxylic acids is 1. The summed E-state index contributed by atoms with van der Waals surface area (Å²) in [5.74, 6) is -0.959. The molecule has 106 valence electrons. The minimum absolute atomic E-state index is 0.0554. The van der Waals surface area contributed by atoms with Crippen LogP contribution in [0.5, 0.6) is 0 Å². The zero-order valence-electron chi connectivity index (χ0n) is 9.83. The van der Waals surface area contributed by atoms with Crippen molar-refractivity contribution in [3.8, 4) is 0 Å². The molecule has 0 atom stereocenters. The Morgan fingerprint density at radius 3 is 2.53 bits per heavy atom. The fourth-order valence-corrected chi connectivity index (χ4v) is 2.00. The maximum atomic E-state index is 11.4. The van der Waals surface area contributed by atoms with E-state index in [0.717, 1.165) is 10.8 Å². The van der Waals surface area contributed by atoms with Gasteiger partial charge in [-0.05, 0) is 12.8 Å². The Labute approximate surface area is 107 Å². The first-order chi connectivity index (χ1) is 8.71. The summed E-state index contributed by atoms with van der Waals surface area (Å²) in [4.78, 5) is 34.1. The molecule has 0 saturated carbocycles. The zero-order valence-corrected chi connectivity index (χ0v) is 10.6. The van der Waals surface area contributed by atoms with Crippen LogP contribution in [0.25, 0.3) is 0 Å². The Kier molecular flexibility index (Phi) is 4.62. The molecule has 0 radical (unpaired) electrons. The molecule has 9 nitrogen and oxygen atoms in total. The van der Waals surface area contributed by atoms with Crippen molar-refractivity contribution in [2.45, 2.75) is 30.7 Å². The van der Waals surface area contributed by atoms with E-state index < -0.39 is 32.1 Å². The van der Waals surface area contributed by atoms with Crippen LogP contribution in [-0.4, -0.2) is 29.0 Å². The molecule has 0 bridgehead atoms. The molecule has 1 rings (SSSR count). The predicted molar refractivity (Wildman–Crippen MR) is 64.2 cm³/mol. The highest BCUT2D eigenvalue weighted by molar-refractivity contribution is 7.89. The summed E-state index contributed by atoms with van der Waals surface area (Å²) < 4.78 is 23.2. The smallest absolute Gasteiger partial charge is 0.328 e. The maximum Gasteiger partial charge on any atom is 0.328 e. The van der Waals surface area contributed by atoms with Crippen molar-refractivity contribution in [1.29, 1.82) is 0 Å². The number of nitrogens with one attached hydrogen (secondary N) is 1. The fraction of sp³-hybridized carbons (Fsp3) is 0.444. The van der Waals surface area contributed by atoms with E-state index in [4.69, 9.17) is 10.2 Å². The van der Waals surface area contributed by atoms with Gasteiger partial charge >= 0.3 is 11.7 Å². The van der Waals surface area contributed by atoms with Gasteiger partial charge in [-0.15, -0.1) is 0 Å². The van der Waals surface area contributed by atoms with Gasteiger partial charge in [0.1, 0.15) is 0 Å². The molecule has 1 aromatic rings. The lowest BCUT2D eigenvalue weighted by molar-refractivity contribution is -0.137. The number of rotatable bonds is 6. The normalized spacial score (nSPS) is 11.4. The molecule has 0 unspecified atom stereocenters. The van der Waals surface area contributed by atoms with Gasteiger partial charge in [0.25, 0.3) is 5.56 Å². The van der Waals surface area contributed by atoms with Gasteiger partial charge in [-0.2, -0.15) is 0 Å². The van der Waals surface area contributed by atoms with Gasteiger partial charge in [0, 0.05) is 19.2 Å². The average molecular weight is 291 g/mol. The lowest BCUT2D eigenvalue weighted by Crippen LogP contribution is -2.34. The third-order valence-electron chi connectivity index (χ3n) is 2.32. The summed E-state index contributed by atoms with van der Waals surface area (Å²) in [6, 6.07) is 0. The van der Waals surface area contributed by atoms with Gasteiger partial charge in [-0.25, -0.2) is 18.4 Å². The highest BCUT2D eigenvalue weighted by atomic mass is 32.2. The number of aliphatic carboxylic acids is 1. The Hall–Kier alpha value is -1.94. The van der Waals surface area contributed by atoms with Crippen molar-refractivity contribution in [1.82, 2.24) is 9.55 Å². The minimum atomic E-state index is -4.21. The molecule has 0 fully saturated rings. The Morgan fingerprint density at radius 2 is 2.00 bits per heavy atom.